The SMILES string of the molecule is COc1cc(OC)cc(-c2noc(C3CC(=O)N(c4ccccc4Cl)C3)n2)c1. The van der Waals surface area contributed by atoms with Crippen LogP contribution >= 0.6 is 11.6 Å². The van der Waals surface area contributed by atoms with E-state index < -0.39 is 0 Å². The normalized spacial score (nSPS) is 16.5. The summed E-state index contributed by atoms with van der Waals surface area (Å²) in [7, 11) is 3.15. The number of aromatic nitrogens is 2. The maximum absolute atomic E-state index is 12.5. The van der Waals surface area contributed by atoms with Crippen LogP contribution in [0.1, 0.15) is 18.2 Å². The zero-order valence-corrected chi connectivity index (χ0v) is 16.1. The molecular formula is C20H18ClN3O4. The van der Waals surface area contributed by atoms with Crippen LogP contribution in [0.3, 0.4) is 0 Å². The van der Waals surface area contributed by atoms with Gasteiger partial charge in [0, 0.05) is 24.6 Å². The third kappa shape index (κ3) is 3.41. The van der Waals surface area contributed by atoms with Gasteiger partial charge in [-0.3, -0.25) is 4.79 Å². The second-order valence-electron chi connectivity index (χ2n) is 6.41. The summed E-state index contributed by atoms with van der Waals surface area (Å²) < 4.78 is 16.0. The molecule has 1 aliphatic rings. The summed E-state index contributed by atoms with van der Waals surface area (Å²) >= 11 is 6.24. The Labute approximate surface area is 166 Å². The van der Waals surface area contributed by atoms with E-state index in [-0.39, 0.29) is 18.2 Å². The number of benzene rings is 2. The monoisotopic (exact) mass is 399 g/mol. The third-order valence-corrected chi connectivity index (χ3v) is 4.99. The van der Waals surface area contributed by atoms with Crippen molar-refractivity contribution in [2.75, 3.05) is 25.7 Å². The molecule has 0 N–H and O–H groups in total. The molecule has 3 aromatic rings. The standard InChI is InChI=1S/C20H18ClN3O4/c1-26-14-7-12(8-15(10-14)27-2)19-22-20(28-23-19)13-9-18(25)24(11-13)17-6-4-3-5-16(17)21/h3-8,10,13H,9,11H2,1-2H3. The van der Waals surface area contributed by atoms with Crippen LogP contribution in [-0.4, -0.2) is 36.8 Å². The van der Waals surface area contributed by atoms with Crippen molar-refractivity contribution in [1.29, 1.82) is 0 Å². The second kappa shape index (κ2) is 7.52. The fraction of sp³-hybridized carbons (Fsp3) is 0.250. The number of ether oxygens (including phenoxy) is 2. The number of methoxy groups -OCH3 is 2. The second-order valence-corrected chi connectivity index (χ2v) is 6.82. The van der Waals surface area contributed by atoms with Crippen LogP contribution in [0.2, 0.25) is 5.02 Å². The molecule has 2 aromatic carbocycles. The zero-order valence-electron chi connectivity index (χ0n) is 15.4. The van der Waals surface area contributed by atoms with E-state index in [2.05, 4.69) is 10.1 Å². The third-order valence-electron chi connectivity index (χ3n) is 4.67. The quantitative estimate of drug-likeness (QED) is 0.647. The molecule has 0 spiro atoms. The van der Waals surface area contributed by atoms with Gasteiger partial charge in [-0.25, -0.2) is 0 Å². The average Bonchev–Trinajstić information content (AvgIpc) is 3.35. The van der Waals surface area contributed by atoms with E-state index in [0.717, 1.165) is 0 Å². The fourth-order valence-electron chi connectivity index (χ4n) is 3.23. The van der Waals surface area contributed by atoms with Crippen molar-refractivity contribution in [2.45, 2.75) is 12.3 Å². The topological polar surface area (TPSA) is 77.7 Å². The molecule has 1 fully saturated rings. The summed E-state index contributed by atoms with van der Waals surface area (Å²) in [6.45, 7) is 0.436. The van der Waals surface area contributed by atoms with Crippen LogP contribution in [-0.2, 0) is 4.79 Å². The predicted molar refractivity (Wildman–Crippen MR) is 104 cm³/mol. The van der Waals surface area contributed by atoms with Crippen molar-refractivity contribution in [2.24, 2.45) is 0 Å². The Morgan fingerprint density at radius 2 is 1.86 bits per heavy atom. The van der Waals surface area contributed by atoms with E-state index in [4.69, 9.17) is 25.6 Å². The number of para-hydroxylation sites is 1. The lowest BCUT2D eigenvalue weighted by atomic mass is 10.1. The zero-order chi connectivity index (χ0) is 19.7. The highest BCUT2D eigenvalue weighted by Gasteiger charge is 2.36. The van der Waals surface area contributed by atoms with Gasteiger partial charge >= 0.3 is 0 Å². The van der Waals surface area contributed by atoms with Gasteiger partial charge in [-0.15, -0.1) is 0 Å². The molecule has 0 radical (unpaired) electrons. The van der Waals surface area contributed by atoms with E-state index in [1.54, 1.807) is 43.4 Å². The fourth-order valence-corrected chi connectivity index (χ4v) is 3.47. The first-order valence-electron chi connectivity index (χ1n) is 8.71. The number of hydrogen-bond acceptors (Lipinski definition) is 6. The molecule has 0 aliphatic carbocycles. The molecule has 1 amide bonds. The van der Waals surface area contributed by atoms with E-state index >= 15 is 0 Å². The summed E-state index contributed by atoms with van der Waals surface area (Å²) in [5.74, 6) is 1.86. The van der Waals surface area contributed by atoms with Crippen LogP contribution in [0.4, 0.5) is 5.69 Å². The Hall–Kier alpha value is -3.06. The molecule has 8 heteroatoms. The minimum atomic E-state index is -0.197. The Bertz CT molecular complexity index is 998. The van der Waals surface area contributed by atoms with E-state index in [9.17, 15) is 4.79 Å². The van der Waals surface area contributed by atoms with Crippen LogP contribution in [0.15, 0.2) is 47.0 Å². The Morgan fingerprint density at radius 1 is 1.14 bits per heavy atom. The summed E-state index contributed by atoms with van der Waals surface area (Å²) in [6.07, 6.45) is 0.286. The van der Waals surface area contributed by atoms with Gasteiger partial charge in [0.1, 0.15) is 11.5 Å². The first-order valence-corrected chi connectivity index (χ1v) is 9.08. The van der Waals surface area contributed by atoms with Gasteiger partial charge in [0.25, 0.3) is 0 Å². The lowest BCUT2D eigenvalue weighted by Gasteiger charge is -2.17. The van der Waals surface area contributed by atoms with Crippen molar-refractivity contribution in [3.05, 3.63) is 53.4 Å². The number of nitrogens with zero attached hydrogens (tertiary/aromatic N) is 3. The largest absolute Gasteiger partial charge is 0.497 e. The van der Waals surface area contributed by atoms with Crippen molar-refractivity contribution in [1.82, 2.24) is 10.1 Å². The van der Waals surface area contributed by atoms with E-state index in [0.29, 0.717) is 46.0 Å². The van der Waals surface area contributed by atoms with Crippen molar-refractivity contribution in [3.8, 4) is 22.9 Å². The summed E-state index contributed by atoms with van der Waals surface area (Å²) in [5.41, 5.74) is 1.40. The molecule has 1 saturated heterocycles. The first-order chi connectivity index (χ1) is 13.6. The molecule has 0 bridgehead atoms. The van der Waals surface area contributed by atoms with Gasteiger partial charge in [0.05, 0.1) is 30.8 Å². The molecular weight excluding hydrogens is 382 g/mol. The Morgan fingerprint density at radius 3 is 2.54 bits per heavy atom. The molecule has 28 heavy (non-hydrogen) atoms. The van der Waals surface area contributed by atoms with Gasteiger partial charge in [-0.05, 0) is 24.3 Å². The average molecular weight is 400 g/mol. The minimum Gasteiger partial charge on any atom is -0.497 e. The van der Waals surface area contributed by atoms with E-state index in [1.807, 2.05) is 18.2 Å². The van der Waals surface area contributed by atoms with Crippen LogP contribution in [0.5, 0.6) is 11.5 Å². The predicted octanol–water partition coefficient (Wildman–Crippen LogP) is 3.93. The minimum absolute atomic E-state index is 0.0269. The number of carbonyl (C=O) groups excluding carboxylic acids is 1. The Kier molecular flexibility index (Phi) is 4.92. The van der Waals surface area contributed by atoms with E-state index in [1.165, 1.54) is 0 Å². The molecule has 7 nitrogen and oxygen atoms in total. The molecule has 1 unspecified atom stereocenters. The van der Waals surface area contributed by atoms with Crippen LogP contribution in [0.25, 0.3) is 11.4 Å². The highest BCUT2D eigenvalue weighted by Crippen LogP contribution is 2.35. The van der Waals surface area contributed by atoms with Crippen molar-refractivity contribution >= 4 is 23.2 Å². The summed E-state index contributed by atoms with van der Waals surface area (Å²) in [6, 6.07) is 12.6. The number of amides is 1. The lowest BCUT2D eigenvalue weighted by molar-refractivity contribution is -0.117. The molecule has 0 saturated carbocycles. The number of carbonyl (C=O) groups is 1. The maximum atomic E-state index is 12.5. The van der Waals surface area contributed by atoms with Gasteiger partial charge in [-0.2, -0.15) is 4.98 Å². The number of rotatable bonds is 5. The smallest absolute Gasteiger partial charge is 0.232 e. The van der Waals surface area contributed by atoms with Crippen molar-refractivity contribution in [3.63, 3.8) is 0 Å². The van der Waals surface area contributed by atoms with Crippen LogP contribution in [0, 0.1) is 0 Å². The van der Waals surface area contributed by atoms with Gasteiger partial charge in [-0.1, -0.05) is 28.9 Å². The number of hydrogen-bond donors (Lipinski definition) is 0. The first kappa shape index (κ1) is 18.3. The summed E-state index contributed by atoms with van der Waals surface area (Å²) in [5, 5.41) is 4.60. The van der Waals surface area contributed by atoms with Gasteiger partial charge < -0.3 is 18.9 Å². The molecule has 2 heterocycles. The lowest BCUT2D eigenvalue weighted by Crippen LogP contribution is -2.24. The highest BCUT2D eigenvalue weighted by molar-refractivity contribution is 6.33. The highest BCUT2D eigenvalue weighted by atomic mass is 35.5. The van der Waals surface area contributed by atoms with Gasteiger partial charge in [0.15, 0.2) is 0 Å². The number of halogens is 1. The van der Waals surface area contributed by atoms with Crippen LogP contribution < -0.4 is 14.4 Å². The number of anilines is 1. The molecule has 1 aliphatic heterocycles. The Balaban J connectivity index is 1.59. The van der Waals surface area contributed by atoms with Crippen molar-refractivity contribution < 1.29 is 18.8 Å². The van der Waals surface area contributed by atoms with Gasteiger partial charge in [0.2, 0.25) is 17.6 Å². The summed E-state index contributed by atoms with van der Waals surface area (Å²) in [4.78, 5) is 18.7. The molecule has 144 valence electrons. The molecule has 4 rings (SSSR count). The molecule has 1 atom stereocenters. The molecule has 1 aromatic heterocycles. The maximum Gasteiger partial charge on any atom is 0.232 e.